The van der Waals surface area contributed by atoms with Crippen LogP contribution in [0.1, 0.15) is 56.6 Å². The maximum Gasteiger partial charge on any atom is 0.0309 e. The lowest BCUT2D eigenvalue weighted by molar-refractivity contribution is 0.0689. The second-order valence-electron chi connectivity index (χ2n) is 7.20. The fourth-order valence-corrected chi connectivity index (χ4v) is 4.27. The minimum absolute atomic E-state index is 0.425. The number of nitrogens with zero attached hydrogens (tertiary/aromatic N) is 1. The molecule has 1 aliphatic carbocycles. The minimum Gasteiger partial charge on any atom is -0.308 e. The SMILES string of the molecule is CCCC1CNC2(CCCC2)CN1Cc1cccc(C)c1. The van der Waals surface area contributed by atoms with E-state index in [0.29, 0.717) is 11.6 Å². The van der Waals surface area contributed by atoms with Crippen LogP contribution in [0.3, 0.4) is 0 Å². The number of piperazine rings is 1. The predicted molar refractivity (Wildman–Crippen MR) is 89.5 cm³/mol. The van der Waals surface area contributed by atoms with Crippen molar-refractivity contribution in [3.63, 3.8) is 0 Å². The first-order chi connectivity index (χ1) is 10.2. The molecule has 1 saturated heterocycles. The van der Waals surface area contributed by atoms with Gasteiger partial charge >= 0.3 is 0 Å². The van der Waals surface area contributed by atoms with Crippen LogP contribution in [0.4, 0.5) is 0 Å². The Kier molecular flexibility index (Phi) is 4.66. The third kappa shape index (κ3) is 3.49. The van der Waals surface area contributed by atoms with E-state index in [1.165, 1.54) is 62.7 Å². The third-order valence-electron chi connectivity index (χ3n) is 5.39. The maximum atomic E-state index is 3.91. The van der Waals surface area contributed by atoms with Crippen molar-refractivity contribution < 1.29 is 0 Å². The molecule has 1 aromatic rings. The summed E-state index contributed by atoms with van der Waals surface area (Å²) in [5, 5.41) is 3.91. The Hall–Kier alpha value is -0.860. The summed E-state index contributed by atoms with van der Waals surface area (Å²) in [6, 6.07) is 9.75. The summed E-state index contributed by atoms with van der Waals surface area (Å²) < 4.78 is 0. The Bertz CT molecular complexity index is 462. The summed E-state index contributed by atoms with van der Waals surface area (Å²) in [7, 11) is 0. The molecule has 1 atom stereocenters. The van der Waals surface area contributed by atoms with E-state index in [2.05, 4.69) is 48.3 Å². The first-order valence-corrected chi connectivity index (χ1v) is 8.75. The van der Waals surface area contributed by atoms with Crippen LogP contribution in [0.15, 0.2) is 24.3 Å². The number of hydrogen-bond acceptors (Lipinski definition) is 2. The zero-order chi connectivity index (χ0) is 14.7. The molecule has 1 aliphatic heterocycles. The number of rotatable bonds is 4. The van der Waals surface area contributed by atoms with Crippen molar-refractivity contribution in [2.75, 3.05) is 13.1 Å². The van der Waals surface area contributed by atoms with Crippen molar-refractivity contribution >= 4 is 0 Å². The standard InChI is InChI=1S/C19H30N2/c1-3-7-18-13-20-19(10-4-5-11-19)15-21(18)14-17-9-6-8-16(2)12-17/h6,8-9,12,18,20H,3-5,7,10-11,13-15H2,1-2H3. The van der Waals surface area contributed by atoms with Crippen LogP contribution < -0.4 is 5.32 Å². The van der Waals surface area contributed by atoms with E-state index in [-0.39, 0.29) is 0 Å². The highest BCUT2D eigenvalue weighted by Gasteiger charge is 2.40. The van der Waals surface area contributed by atoms with Crippen molar-refractivity contribution in [3.05, 3.63) is 35.4 Å². The van der Waals surface area contributed by atoms with Gasteiger partial charge in [0.15, 0.2) is 0 Å². The molecule has 0 aromatic heterocycles. The number of aryl methyl sites for hydroxylation is 1. The van der Waals surface area contributed by atoms with Crippen molar-refractivity contribution in [1.82, 2.24) is 10.2 Å². The van der Waals surface area contributed by atoms with Gasteiger partial charge in [-0.1, -0.05) is 56.0 Å². The van der Waals surface area contributed by atoms with Crippen LogP contribution in [-0.2, 0) is 6.54 Å². The Morgan fingerprint density at radius 2 is 2.10 bits per heavy atom. The predicted octanol–water partition coefficient (Wildman–Crippen LogP) is 3.88. The monoisotopic (exact) mass is 286 g/mol. The Labute approximate surface area is 129 Å². The molecule has 2 nitrogen and oxygen atoms in total. The fraction of sp³-hybridized carbons (Fsp3) is 0.684. The molecule has 116 valence electrons. The van der Waals surface area contributed by atoms with Gasteiger partial charge in [-0.05, 0) is 31.7 Å². The summed E-state index contributed by atoms with van der Waals surface area (Å²) in [4.78, 5) is 2.76. The highest BCUT2D eigenvalue weighted by Crippen LogP contribution is 2.34. The molecule has 1 heterocycles. The maximum absolute atomic E-state index is 3.91. The fourth-order valence-electron chi connectivity index (χ4n) is 4.27. The van der Waals surface area contributed by atoms with Crippen molar-refractivity contribution in [2.24, 2.45) is 0 Å². The summed E-state index contributed by atoms with van der Waals surface area (Å²) in [5.74, 6) is 0. The summed E-state index contributed by atoms with van der Waals surface area (Å²) in [6.07, 6.45) is 8.15. The normalized spacial score (nSPS) is 25.5. The molecule has 0 bridgehead atoms. The Balaban J connectivity index is 1.73. The second kappa shape index (κ2) is 6.50. The largest absolute Gasteiger partial charge is 0.308 e. The Morgan fingerprint density at radius 3 is 2.81 bits per heavy atom. The molecule has 1 aromatic carbocycles. The zero-order valence-corrected chi connectivity index (χ0v) is 13.7. The molecule has 1 unspecified atom stereocenters. The van der Waals surface area contributed by atoms with Gasteiger partial charge in [0.05, 0.1) is 0 Å². The molecule has 0 radical (unpaired) electrons. The van der Waals surface area contributed by atoms with Gasteiger partial charge in [0.2, 0.25) is 0 Å². The minimum atomic E-state index is 0.425. The highest BCUT2D eigenvalue weighted by molar-refractivity contribution is 5.22. The molecule has 3 rings (SSSR count). The van der Waals surface area contributed by atoms with Crippen LogP contribution in [0.2, 0.25) is 0 Å². The van der Waals surface area contributed by atoms with Gasteiger partial charge in [-0.25, -0.2) is 0 Å². The molecule has 2 fully saturated rings. The lowest BCUT2D eigenvalue weighted by atomic mass is 9.90. The molecular formula is C19H30N2. The molecule has 2 heteroatoms. The van der Waals surface area contributed by atoms with Gasteiger partial charge in [-0.3, -0.25) is 4.90 Å². The van der Waals surface area contributed by atoms with Gasteiger partial charge in [0.1, 0.15) is 0 Å². The number of hydrogen-bond donors (Lipinski definition) is 1. The molecule has 0 amide bonds. The zero-order valence-electron chi connectivity index (χ0n) is 13.7. The van der Waals surface area contributed by atoms with Crippen LogP contribution in [0.25, 0.3) is 0 Å². The van der Waals surface area contributed by atoms with Crippen LogP contribution in [-0.4, -0.2) is 29.6 Å². The molecule has 1 N–H and O–H groups in total. The van der Waals surface area contributed by atoms with Gasteiger partial charge in [-0.15, -0.1) is 0 Å². The van der Waals surface area contributed by atoms with E-state index in [9.17, 15) is 0 Å². The molecule has 1 spiro atoms. The highest BCUT2D eigenvalue weighted by atomic mass is 15.3. The quantitative estimate of drug-likeness (QED) is 0.903. The van der Waals surface area contributed by atoms with E-state index < -0.39 is 0 Å². The average molecular weight is 286 g/mol. The average Bonchev–Trinajstić information content (AvgIpc) is 2.91. The molecule has 21 heavy (non-hydrogen) atoms. The molecule has 2 aliphatic rings. The van der Waals surface area contributed by atoms with E-state index in [1.54, 1.807) is 0 Å². The molecular weight excluding hydrogens is 256 g/mol. The number of nitrogens with one attached hydrogen (secondary N) is 1. The van der Waals surface area contributed by atoms with Gasteiger partial charge < -0.3 is 5.32 Å². The van der Waals surface area contributed by atoms with Gasteiger partial charge in [0, 0.05) is 31.2 Å². The van der Waals surface area contributed by atoms with Gasteiger partial charge in [-0.2, -0.15) is 0 Å². The van der Waals surface area contributed by atoms with E-state index in [1.807, 2.05) is 0 Å². The van der Waals surface area contributed by atoms with Gasteiger partial charge in [0.25, 0.3) is 0 Å². The topological polar surface area (TPSA) is 15.3 Å². The van der Waals surface area contributed by atoms with Crippen molar-refractivity contribution in [3.8, 4) is 0 Å². The van der Waals surface area contributed by atoms with Crippen molar-refractivity contribution in [1.29, 1.82) is 0 Å². The first-order valence-electron chi connectivity index (χ1n) is 8.75. The second-order valence-corrected chi connectivity index (χ2v) is 7.20. The van der Waals surface area contributed by atoms with E-state index >= 15 is 0 Å². The van der Waals surface area contributed by atoms with Crippen LogP contribution in [0.5, 0.6) is 0 Å². The van der Waals surface area contributed by atoms with Crippen molar-refractivity contribution in [2.45, 2.75) is 70.5 Å². The molecule has 1 saturated carbocycles. The lowest BCUT2D eigenvalue weighted by Gasteiger charge is -2.46. The van der Waals surface area contributed by atoms with E-state index in [4.69, 9.17) is 0 Å². The van der Waals surface area contributed by atoms with Crippen LogP contribution in [0, 0.1) is 6.92 Å². The first kappa shape index (κ1) is 15.1. The number of benzene rings is 1. The smallest absolute Gasteiger partial charge is 0.0309 e. The Morgan fingerprint density at radius 1 is 1.29 bits per heavy atom. The van der Waals surface area contributed by atoms with Crippen LogP contribution >= 0.6 is 0 Å². The summed E-state index contributed by atoms with van der Waals surface area (Å²) >= 11 is 0. The lowest BCUT2D eigenvalue weighted by Crippen LogP contribution is -2.62. The third-order valence-corrected chi connectivity index (χ3v) is 5.39. The summed E-state index contributed by atoms with van der Waals surface area (Å²) in [5.41, 5.74) is 3.28. The summed E-state index contributed by atoms with van der Waals surface area (Å²) in [6.45, 7) is 8.05. The van der Waals surface area contributed by atoms with E-state index in [0.717, 1.165) is 6.54 Å².